The Morgan fingerprint density at radius 3 is 0.619 bits per heavy atom. The van der Waals surface area contributed by atoms with Gasteiger partial charge in [0.1, 0.15) is 23.0 Å². The summed E-state index contributed by atoms with van der Waals surface area (Å²) in [7, 11) is 26.6. The van der Waals surface area contributed by atoms with E-state index in [0.29, 0.717) is 26.4 Å². The standard InChI is InChI=1S/C68H88N8O4.4ClH/c1-73(2,3)41-13-45-77-53-25-17-49(18-26-53)65-57-33-35-59(69-57)66(50-19-27-54(28-20-50)78-46-14-42-74(4,5)6)61-37-39-63(71-61)68(52-23-31-56(32-24-52)80-48-16-44-76(10,11)12)64-40-38-62(72-64)67(60-36-34-58(65)70-60)51-21-29-55(30-22-51)79-47-15-43-75(7,8)9;;;;/h17-40,69-72H,13-16,41-48H2,1-12H3;4*1H/q+4;;;;/p-4. The van der Waals surface area contributed by atoms with Crippen molar-refractivity contribution in [3.63, 3.8) is 0 Å². The first-order valence-electron chi connectivity index (χ1n) is 28.5. The first-order valence-corrected chi connectivity index (χ1v) is 28.5. The number of fused-ring (bicyclic) bond motifs is 8. The van der Waals surface area contributed by atoms with Crippen LogP contribution in [-0.4, -0.2) is 175 Å². The molecule has 8 bridgehead atoms. The maximum atomic E-state index is 6.30. The third-order valence-corrected chi connectivity index (χ3v) is 14.4. The number of aromatic nitrogens is 4. The highest BCUT2D eigenvalue weighted by Crippen LogP contribution is 2.31. The lowest BCUT2D eigenvalue weighted by atomic mass is 10.0. The first kappa shape index (κ1) is 68.5. The molecule has 9 rings (SSSR count). The molecule has 0 fully saturated rings. The molecule has 0 spiro atoms. The van der Waals surface area contributed by atoms with Crippen LogP contribution in [0, 0.1) is 0 Å². The van der Waals surface area contributed by atoms with E-state index in [2.05, 4.69) is 250 Å². The molecule has 0 atom stereocenters. The Bertz CT molecular complexity index is 3130. The Labute approximate surface area is 523 Å². The summed E-state index contributed by atoms with van der Waals surface area (Å²) in [4.78, 5) is 15.8. The van der Waals surface area contributed by atoms with E-state index in [1.54, 1.807) is 0 Å². The van der Waals surface area contributed by atoms with Crippen molar-refractivity contribution in [1.82, 2.24) is 19.9 Å². The van der Waals surface area contributed by atoms with Gasteiger partial charge in [0.2, 0.25) is 0 Å². The van der Waals surface area contributed by atoms with E-state index in [4.69, 9.17) is 18.9 Å². The zero-order valence-corrected chi connectivity index (χ0v) is 54.3. The zero-order valence-electron chi connectivity index (χ0n) is 51.3. The first-order chi connectivity index (χ1) is 38.1. The molecule has 0 aliphatic carbocycles. The van der Waals surface area contributed by atoms with Gasteiger partial charge in [-0.15, -0.1) is 0 Å². The second-order valence-corrected chi connectivity index (χ2v) is 25.6. The number of nitrogens with one attached hydrogen (secondary N) is 4. The van der Waals surface area contributed by atoms with Gasteiger partial charge in [-0.05, 0) is 119 Å². The molecular weight excluding hydrogens is 1130 g/mol. The predicted octanol–water partition coefficient (Wildman–Crippen LogP) is -3.78. The van der Waals surface area contributed by atoms with Crippen LogP contribution in [0.15, 0.2) is 146 Å². The van der Waals surface area contributed by atoms with Crippen molar-refractivity contribution in [2.75, 3.05) is 137 Å². The molecule has 1 aliphatic rings. The van der Waals surface area contributed by atoms with Gasteiger partial charge >= 0.3 is 0 Å². The number of aromatic amines is 4. The molecule has 0 unspecified atom stereocenters. The Hall–Kier alpha value is -6.32. The number of rotatable bonds is 24. The van der Waals surface area contributed by atoms with Crippen molar-refractivity contribution >= 4 is 22.3 Å². The Kier molecular flexibility index (Phi) is 24.2. The molecule has 4 aromatic heterocycles. The number of ether oxygens (including phenoxy) is 4. The van der Waals surface area contributed by atoms with Gasteiger partial charge < -0.3 is 106 Å². The summed E-state index contributed by atoms with van der Waals surface area (Å²) in [6.45, 7) is 6.80. The van der Waals surface area contributed by atoms with E-state index < -0.39 is 0 Å². The molecule has 84 heavy (non-hydrogen) atoms. The maximum absolute atomic E-state index is 6.30. The van der Waals surface area contributed by atoms with Crippen LogP contribution in [0.25, 0.3) is 22.3 Å². The molecule has 0 radical (unpaired) electrons. The van der Waals surface area contributed by atoms with Crippen molar-refractivity contribution in [3.8, 4) is 23.0 Å². The Balaban J connectivity index is 0.00000323. The highest BCUT2D eigenvalue weighted by Gasteiger charge is 2.20. The summed E-state index contributed by atoms with van der Waals surface area (Å²) in [6.07, 6.45) is 3.89. The highest BCUT2D eigenvalue weighted by atomic mass is 35.5. The van der Waals surface area contributed by atoms with Crippen molar-refractivity contribution < 1.29 is 86.5 Å². The number of hydrogen-bond donors (Lipinski definition) is 4. The van der Waals surface area contributed by atoms with Gasteiger partial charge in [0, 0.05) is 92.1 Å². The summed E-state index contributed by atoms with van der Waals surface area (Å²) in [6, 6.07) is 51.8. The molecule has 4 N–H and O–H groups in total. The average Bonchev–Trinajstić information content (AvgIpc) is 3.70. The van der Waals surface area contributed by atoms with Crippen LogP contribution in [0.3, 0.4) is 0 Å². The van der Waals surface area contributed by atoms with E-state index in [-0.39, 0.29) is 49.6 Å². The number of quaternary nitrogens is 4. The van der Waals surface area contributed by atoms with Gasteiger partial charge in [-0.3, -0.25) is 0 Å². The van der Waals surface area contributed by atoms with Crippen LogP contribution in [0.2, 0.25) is 0 Å². The van der Waals surface area contributed by atoms with Gasteiger partial charge in [-0.2, -0.15) is 0 Å². The van der Waals surface area contributed by atoms with Crippen LogP contribution >= 0.6 is 0 Å². The molecule has 0 amide bonds. The molecular formula is C68H88Cl4N8O4. The van der Waals surface area contributed by atoms with E-state index in [1.807, 2.05) is 0 Å². The van der Waals surface area contributed by atoms with Crippen LogP contribution in [0.4, 0.5) is 0 Å². The number of halogens is 4. The molecule has 0 saturated carbocycles. The van der Waals surface area contributed by atoms with E-state index in [1.165, 1.54) is 0 Å². The molecule has 5 heterocycles. The van der Waals surface area contributed by atoms with Crippen LogP contribution in [-0.2, 0) is 0 Å². The molecule has 12 nitrogen and oxygen atoms in total. The zero-order chi connectivity index (χ0) is 56.7. The fraction of sp³-hybridized carbons (Fsp3) is 0.353. The molecule has 8 aromatic rings. The minimum Gasteiger partial charge on any atom is -1.00 e. The molecule has 0 saturated heterocycles. The van der Waals surface area contributed by atoms with Crippen LogP contribution < -0.4 is 90.0 Å². The quantitative estimate of drug-likeness (QED) is 0.0370. The van der Waals surface area contributed by atoms with Crippen molar-refractivity contribution in [3.05, 3.63) is 212 Å². The van der Waals surface area contributed by atoms with Crippen molar-refractivity contribution in [1.29, 1.82) is 0 Å². The van der Waals surface area contributed by atoms with Crippen molar-refractivity contribution in [2.24, 2.45) is 0 Å². The Morgan fingerprint density at radius 2 is 0.440 bits per heavy atom. The van der Waals surface area contributed by atoms with E-state index in [0.717, 1.165) is 182 Å². The fourth-order valence-corrected chi connectivity index (χ4v) is 10.4. The lowest BCUT2D eigenvalue weighted by Gasteiger charge is -2.23. The minimum atomic E-state index is 0. The molecule has 4 aromatic carbocycles. The van der Waals surface area contributed by atoms with Gasteiger partial charge in [0.15, 0.2) is 0 Å². The molecule has 452 valence electrons. The highest BCUT2D eigenvalue weighted by molar-refractivity contribution is 5.85. The van der Waals surface area contributed by atoms with Gasteiger partial charge in [0.05, 0.1) is 137 Å². The second kappa shape index (κ2) is 29.7. The second-order valence-electron chi connectivity index (χ2n) is 25.6. The SMILES string of the molecule is C[N+](C)(C)CCCOc1ccc(C2=c3ccc([nH]3)=C(c3ccc(OCCC[N+](C)(C)C)cc3)c3ccc([nH]3)C(c3ccc(OCCC[N+](C)(C)C)cc3)=c3ccc([nH]3)=C(c3ccc(OCCC[N+](C)(C)C)cc3)c3ccc2[nH]3)cc1.[Cl-].[Cl-].[Cl-].[Cl-]. The van der Waals surface area contributed by atoms with E-state index >= 15 is 0 Å². The van der Waals surface area contributed by atoms with Gasteiger partial charge in [0.25, 0.3) is 0 Å². The van der Waals surface area contributed by atoms with E-state index in [9.17, 15) is 0 Å². The maximum Gasteiger partial charge on any atom is 0.119 e. The van der Waals surface area contributed by atoms with Crippen LogP contribution in [0.1, 0.15) is 70.7 Å². The lowest BCUT2D eigenvalue weighted by Crippen LogP contribution is -3.00. The molecule has 16 heteroatoms. The number of benzene rings is 4. The monoisotopic (exact) mass is 1220 g/mol. The third kappa shape index (κ3) is 18.8. The predicted molar refractivity (Wildman–Crippen MR) is 326 cm³/mol. The van der Waals surface area contributed by atoms with Crippen molar-refractivity contribution in [2.45, 2.75) is 25.7 Å². The summed E-state index contributed by atoms with van der Waals surface area (Å²) in [5, 5.41) is 3.89. The Morgan fingerprint density at radius 1 is 0.250 bits per heavy atom. The number of hydrogen-bond acceptors (Lipinski definition) is 4. The number of nitrogens with zero attached hydrogens (tertiary/aromatic N) is 4. The van der Waals surface area contributed by atoms with Gasteiger partial charge in [-0.1, -0.05) is 48.5 Å². The van der Waals surface area contributed by atoms with Crippen LogP contribution in [0.5, 0.6) is 23.0 Å². The normalized spacial score (nSPS) is 12.6. The summed E-state index contributed by atoms with van der Waals surface area (Å²) in [5.41, 5.74) is 12.3. The largest absolute Gasteiger partial charge is 1.00 e. The summed E-state index contributed by atoms with van der Waals surface area (Å²) >= 11 is 0. The lowest BCUT2D eigenvalue weighted by molar-refractivity contribution is -0.870. The summed E-state index contributed by atoms with van der Waals surface area (Å²) < 4.78 is 28.8. The smallest absolute Gasteiger partial charge is 0.119 e. The minimum absolute atomic E-state index is 0. The third-order valence-electron chi connectivity index (χ3n) is 14.4. The molecule has 1 aliphatic heterocycles. The average molecular weight is 1220 g/mol. The summed E-state index contributed by atoms with van der Waals surface area (Å²) in [5.74, 6) is 3.42. The topological polar surface area (TPSA) is 100 Å². The van der Waals surface area contributed by atoms with Gasteiger partial charge in [-0.25, -0.2) is 0 Å². The number of H-pyrrole nitrogens is 4. The fourth-order valence-electron chi connectivity index (χ4n) is 10.4.